The molecule has 0 N–H and O–H groups in total. The van der Waals surface area contributed by atoms with Crippen LogP contribution in [0.2, 0.25) is 5.02 Å². The van der Waals surface area contributed by atoms with Crippen molar-refractivity contribution in [3.63, 3.8) is 0 Å². The number of ether oxygens (including phenoxy) is 1. The molecule has 0 saturated carbocycles. The van der Waals surface area contributed by atoms with E-state index in [0.29, 0.717) is 31.0 Å². The van der Waals surface area contributed by atoms with Gasteiger partial charge in [-0.05, 0) is 37.1 Å². The second-order valence-corrected chi connectivity index (χ2v) is 7.03. The van der Waals surface area contributed by atoms with Gasteiger partial charge in [-0.15, -0.1) is 0 Å². The second kappa shape index (κ2) is 6.11. The standard InChI is InChI=1S/C13H16ClNO4S/c1-19-13(16)10-6-8-15(9-7-10)20(17,18)12-4-2-11(14)3-5-12/h2-5,10H,6-9H2,1H3. The Bertz CT molecular complexity index is 577. The maximum atomic E-state index is 12.4. The molecule has 0 amide bonds. The van der Waals surface area contributed by atoms with Crippen LogP contribution in [-0.4, -0.2) is 38.9 Å². The van der Waals surface area contributed by atoms with Gasteiger partial charge in [0.15, 0.2) is 0 Å². The third-order valence-corrected chi connectivity index (χ3v) is 5.60. The highest BCUT2D eigenvalue weighted by atomic mass is 35.5. The maximum Gasteiger partial charge on any atom is 0.308 e. The number of halogens is 1. The first-order valence-corrected chi connectivity index (χ1v) is 8.10. The lowest BCUT2D eigenvalue weighted by Crippen LogP contribution is -2.40. The fraction of sp³-hybridized carbons (Fsp3) is 0.462. The Morgan fingerprint density at radius 3 is 2.30 bits per heavy atom. The molecule has 1 aromatic rings. The Balaban J connectivity index is 2.09. The molecule has 1 aliphatic heterocycles. The quantitative estimate of drug-likeness (QED) is 0.799. The third kappa shape index (κ3) is 3.13. The Morgan fingerprint density at radius 2 is 1.80 bits per heavy atom. The monoisotopic (exact) mass is 317 g/mol. The van der Waals surface area contributed by atoms with E-state index >= 15 is 0 Å². The van der Waals surface area contributed by atoms with Crippen molar-refractivity contribution < 1.29 is 17.9 Å². The maximum absolute atomic E-state index is 12.4. The zero-order valence-electron chi connectivity index (χ0n) is 11.1. The summed E-state index contributed by atoms with van der Waals surface area (Å²) in [6.45, 7) is 0.648. The van der Waals surface area contributed by atoms with E-state index in [4.69, 9.17) is 11.6 Å². The number of methoxy groups -OCH3 is 1. The van der Waals surface area contributed by atoms with E-state index in [1.807, 2.05) is 0 Å². The van der Waals surface area contributed by atoms with Crippen LogP contribution >= 0.6 is 11.6 Å². The Kier molecular flexibility index (Phi) is 4.67. The molecule has 0 atom stereocenters. The molecule has 20 heavy (non-hydrogen) atoms. The summed E-state index contributed by atoms with van der Waals surface area (Å²) in [4.78, 5) is 11.6. The summed E-state index contributed by atoms with van der Waals surface area (Å²) in [5.41, 5.74) is 0. The van der Waals surface area contributed by atoms with Gasteiger partial charge < -0.3 is 4.74 Å². The zero-order chi connectivity index (χ0) is 14.8. The molecule has 1 saturated heterocycles. The van der Waals surface area contributed by atoms with Crippen molar-refractivity contribution >= 4 is 27.6 Å². The number of benzene rings is 1. The average Bonchev–Trinajstić information content (AvgIpc) is 2.47. The molecule has 5 nitrogen and oxygen atoms in total. The number of esters is 1. The Hall–Kier alpha value is -1.11. The van der Waals surface area contributed by atoms with Crippen molar-refractivity contribution in [2.45, 2.75) is 17.7 Å². The van der Waals surface area contributed by atoms with Crippen molar-refractivity contribution in [1.29, 1.82) is 0 Å². The van der Waals surface area contributed by atoms with E-state index in [-0.39, 0.29) is 16.8 Å². The largest absolute Gasteiger partial charge is 0.469 e. The summed E-state index contributed by atoms with van der Waals surface area (Å²) in [5.74, 6) is -0.481. The highest BCUT2D eigenvalue weighted by molar-refractivity contribution is 7.89. The van der Waals surface area contributed by atoms with Gasteiger partial charge in [0.2, 0.25) is 10.0 Å². The molecular formula is C13H16ClNO4S. The van der Waals surface area contributed by atoms with Crippen molar-refractivity contribution in [1.82, 2.24) is 4.31 Å². The number of piperidine rings is 1. The van der Waals surface area contributed by atoms with Crippen LogP contribution < -0.4 is 0 Å². The number of carbonyl (C=O) groups excluding carboxylic acids is 1. The molecule has 1 fully saturated rings. The normalized spacial score (nSPS) is 17.9. The molecule has 2 rings (SSSR count). The summed E-state index contributed by atoms with van der Waals surface area (Å²) < 4.78 is 30.9. The number of hydrogen-bond acceptors (Lipinski definition) is 4. The van der Waals surface area contributed by atoms with Crippen molar-refractivity contribution in [2.24, 2.45) is 5.92 Å². The molecule has 7 heteroatoms. The molecule has 0 radical (unpaired) electrons. The molecule has 1 aromatic carbocycles. The first-order valence-electron chi connectivity index (χ1n) is 6.28. The lowest BCUT2D eigenvalue weighted by atomic mass is 9.99. The lowest BCUT2D eigenvalue weighted by Gasteiger charge is -2.29. The van der Waals surface area contributed by atoms with Crippen LogP contribution in [0, 0.1) is 5.92 Å². The molecule has 1 aliphatic rings. The summed E-state index contributed by atoms with van der Waals surface area (Å²) in [6.07, 6.45) is 0.971. The predicted octanol–water partition coefficient (Wildman–Crippen LogP) is 1.91. The van der Waals surface area contributed by atoms with Crippen molar-refractivity contribution in [3.05, 3.63) is 29.3 Å². The summed E-state index contributed by atoms with van der Waals surface area (Å²) in [7, 11) is -2.17. The molecule has 110 valence electrons. The van der Waals surface area contributed by atoms with E-state index in [1.165, 1.54) is 23.5 Å². The van der Waals surface area contributed by atoms with Crippen LogP contribution in [0.5, 0.6) is 0 Å². The Labute approximate surface area is 123 Å². The smallest absolute Gasteiger partial charge is 0.308 e. The van der Waals surface area contributed by atoms with E-state index in [1.54, 1.807) is 12.1 Å². The molecular weight excluding hydrogens is 302 g/mol. The fourth-order valence-electron chi connectivity index (χ4n) is 2.25. The zero-order valence-corrected chi connectivity index (χ0v) is 12.7. The van der Waals surface area contributed by atoms with Crippen LogP contribution in [0.3, 0.4) is 0 Å². The lowest BCUT2D eigenvalue weighted by molar-refractivity contribution is -0.146. The van der Waals surface area contributed by atoms with Gasteiger partial charge in [0.05, 0.1) is 17.9 Å². The molecule has 0 spiro atoms. The third-order valence-electron chi connectivity index (χ3n) is 3.44. The number of carbonyl (C=O) groups is 1. The van der Waals surface area contributed by atoms with Gasteiger partial charge in [0.1, 0.15) is 0 Å². The molecule has 0 bridgehead atoms. The summed E-state index contributed by atoms with van der Waals surface area (Å²) in [5, 5.41) is 0.494. The van der Waals surface area contributed by atoms with E-state index < -0.39 is 10.0 Å². The van der Waals surface area contributed by atoms with Gasteiger partial charge in [-0.2, -0.15) is 4.31 Å². The minimum absolute atomic E-state index is 0.211. The second-order valence-electron chi connectivity index (χ2n) is 4.66. The SMILES string of the molecule is COC(=O)C1CCN(S(=O)(=O)c2ccc(Cl)cc2)CC1. The van der Waals surface area contributed by atoms with Crippen LogP contribution in [0.25, 0.3) is 0 Å². The first-order chi connectivity index (χ1) is 9.45. The van der Waals surface area contributed by atoms with Crippen LogP contribution in [0.1, 0.15) is 12.8 Å². The average molecular weight is 318 g/mol. The van der Waals surface area contributed by atoms with Gasteiger partial charge in [0, 0.05) is 18.1 Å². The van der Waals surface area contributed by atoms with E-state index in [0.717, 1.165) is 0 Å². The number of hydrogen-bond donors (Lipinski definition) is 0. The fourth-order valence-corrected chi connectivity index (χ4v) is 3.85. The van der Waals surface area contributed by atoms with Gasteiger partial charge >= 0.3 is 5.97 Å². The van der Waals surface area contributed by atoms with Gasteiger partial charge in [-0.3, -0.25) is 4.79 Å². The van der Waals surface area contributed by atoms with Crippen molar-refractivity contribution in [3.8, 4) is 0 Å². The molecule has 0 aromatic heterocycles. The number of nitrogens with zero attached hydrogens (tertiary/aromatic N) is 1. The van der Waals surface area contributed by atoms with E-state index in [2.05, 4.69) is 4.74 Å². The van der Waals surface area contributed by atoms with Crippen LogP contribution in [0.15, 0.2) is 29.2 Å². The van der Waals surface area contributed by atoms with E-state index in [9.17, 15) is 13.2 Å². The molecule has 0 unspecified atom stereocenters. The Morgan fingerprint density at radius 1 is 1.25 bits per heavy atom. The molecule has 1 heterocycles. The van der Waals surface area contributed by atoms with Gasteiger partial charge in [-0.1, -0.05) is 11.6 Å². The number of sulfonamides is 1. The summed E-state index contributed by atoms with van der Waals surface area (Å²) in [6, 6.07) is 6.08. The molecule has 0 aliphatic carbocycles. The highest BCUT2D eigenvalue weighted by Crippen LogP contribution is 2.25. The topological polar surface area (TPSA) is 63.7 Å². The van der Waals surface area contributed by atoms with Crippen LogP contribution in [-0.2, 0) is 19.6 Å². The summed E-state index contributed by atoms with van der Waals surface area (Å²) >= 11 is 5.76. The van der Waals surface area contributed by atoms with Gasteiger partial charge in [-0.25, -0.2) is 8.42 Å². The van der Waals surface area contributed by atoms with Crippen LogP contribution in [0.4, 0.5) is 0 Å². The van der Waals surface area contributed by atoms with Gasteiger partial charge in [0.25, 0.3) is 0 Å². The highest BCUT2D eigenvalue weighted by Gasteiger charge is 2.32. The predicted molar refractivity (Wildman–Crippen MR) is 75.0 cm³/mol. The minimum atomic E-state index is -3.51. The minimum Gasteiger partial charge on any atom is -0.469 e. The van der Waals surface area contributed by atoms with Crippen molar-refractivity contribution in [2.75, 3.05) is 20.2 Å². The first kappa shape index (κ1) is 15.3. The number of rotatable bonds is 3.